The Bertz CT molecular complexity index is 1290. The Morgan fingerprint density at radius 2 is 1.92 bits per heavy atom. The summed E-state index contributed by atoms with van der Waals surface area (Å²) in [5.74, 6) is 2.03. The summed E-state index contributed by atoms with van der Waals surface area (Å²) in [4.78, 5) is 25.1. The van der Waals surface area contributed by atoms with E-state index in [0.29, 0.717) is 24.8 Å². The number of nitrogens with zero attached hydrogens (tertiary/aromatic N) is 4. The van der Waals surface area contributed by atoms with Crippen molar-refractivity contribution >= 4 is 16.8 Å². The third kappa shape index (κ3) is 5.42. The number of H-pyrrole nitrogens is 1. The number of aromatic amines is 1. The first kappa shape index (κ1) is 24.0. The number of carbonyl (C=O) groups is 1. The normalized spacial score (nSPS) is 15.7. The summed E-state index contributed by atoms with van der Waals surface area (Å²) in [6.07, 6.45) is 2.84. The lowest BCUT2D eigenvalue weighted by molar-refractivity contribution is -0.126. The summed E-state index contributed by atoms with van der Waals surface area (Å²) in [5.41, 5.74) is 3.24. The molecule has 0 spiro atoms. The third-order valence-corrected chi connectivity index (χ3v) is 6.88. The van der Waals surface area contributed by atoms with Gasteiger partial charge >= 0.3 is 0 Å². The highest BCUT2D eigenvalue weighted by atomic mass is 16.5. The summed E-state index contributed by atoms with van der Waals surface area (Å²) in [6.45, 7) is 6.52. The maximum Gasteiger partial charge on any atom is 0.241 e. The Morgan fingerprint density at radius 1 is 1.14 bits per heavy atom. The number of aromatic nitrogens is 3. The molecular formula is C27H32N6O3. The molecule has 2 N–H and O–H groups in total. The predicted molar refractivity (Wildman–Crippen MR) is 138 cm³/mol. The number of rotatable bonds is 9. The van der Waals surface area contributed by atoms with Crippen LogP contribution in [0.3, 0.4) is 0 Å². The Labute approximate surface area is 210 Å². The number of hydrogen-bond acceptors (Lipinski definition) is 7. The van der Waals surface area contributed by atoms with E-state index in [0.717, 1.165) is 49.4 Å². The Kier molecular flexibility index (Phi) is 7.29. The van der Waals surface area contributed by atoms with Crippen LogP contribution in [0.15, 0.2) is 59.3 Å². The van der Waals surface area contributed by atoms with E-state index in [1.165, 1.54) is 10.9 Å². The highest BCUT2D eigenvalue weighted by molar-refractivity contribution is 5.83. The first-order chi connectivity index (χ1) is 17.6. The number of hydrogen-bond donors (Lipinski definition) is 2. The van der Waals surface area contributed by atoms with Gasteiger partial charge in [-0.1, -0.05) is 23.4 Å². The number of nitrogens with one attached hydrogen (secondary N) is 2. The van der Waals surface area contributed by atoms with Gasteiger partial charge in [-0.15, -0.1) is 0 Å². The number of methoxy groups -OCH3 is 1. The van der Waals surface area contributed by atoms with Crippen LogP contribution in [0, 0.1) is 0 Å². The van der Waals surface area contributed by atoms with Crippen LogP contribution in [0.5, 0.6) is 5.75 Å². The molecule has 36 heavy (non-hydrogen) atoms. The fourth-order valence-corrected chi connectivity index (χ4v) is 4.65. The lowest BCUT2D eigenvalue weighted by Crippen LogP contribution is -2.53. The summed E-state index contributed by atoms with van der Waals surface area (Å²) in [6, 6.07) is 15.7. The average molecular weight is 489 g/mol. The first-order valence-corrected chi connectivity index (χ1v) is 12.4. The maximum absolute atomic E-state index is 12.8. The second-order valence-corrected chi connectivity index (χ2v) is 9.13. The summed E-state index contributed by atoms with van der Waals surface area (Å²) >= 11 is 0. The highest BCUT2D eigenvalue weighted by Gasteiger charge is 2.26. The SMILES string of the molecule is COc1ccc(-c2noc(CN3CCN(C(C)C(=O)NCCc4c[nH]c5ccccc45)CC3)n2)cc1. The second-order valence-electron chi connectivity index (χ2n) is 9.13. The van der Waals surface area contributed by atoms with Crippen LogP contribution < -0.4 is 10.1 Å². The fourth-order valence-electron chi connectivity index (χ4n) is 4.65. The second kappa shape index (κ2) is 10.9. The van der Waals surface area contributed by atoms with Gasteiger partial charge in [0.15, 0.2) is 0 Å². The lowest BCUT2D eigenvalue weighted by atomic mass is 10.1. The van der Waals surface area contributed by atoms with Gasteiger partial charge in [0.2, 0.25) is 17.6 Å². The molecule has 1 aliphatic rings. The molecule has 0 aliphatic carbocycles. The minimum absolute atomic E-state index is 0.0734. The number of amides is 1. The van der Waals surface area contributed by atoms with Crippen molar-refractivity contribution in [1.29, 1.82) is 0 Å². The smallest absolute Gasteiger partial charge is 0.241 e. The molecule has 0 saturated carbocycles. The molecule has 1 aliphatic heterocycles. The number of para-hydroxylation sites is 1. The highest BCUT2D eigenvalue weighted by Crippen LogP contribution is 2.21. The van der Waals surface area contributed by atoms with Gasteiger partial charge in [0, 0.05) is 55.4 Å². The largest absolute Gasteiger partial charge is 0.497 e. The van der Waals surface area contributed by atoms with Crippen molar-refractivity contribution < 1.29 is 14.1 Å². The number of benzene rings is 2. The van der Waals surface area contributed by atoms with Crippen LogP contribution >= 0.6 is 0 Å². The van der Waals surface area contributed by atoms with Gasteiger partial charge in [-0.3, -0.25) is 14.6 Å². The van der Waals surface area contributed by atoms with E-state index in [9.17, 15) is 4.79 Å². The fraction of sp³-hybridized carbons (Fsp3) is 0.370. The lowest BCUT2D eigenvalue weighted by Gasteiger charge is -2.36. The molecule has 0 bridgehead atoms. The molecule has 3 heterocycles. The van der Waals surface area contributed by atoms with E-state index < -0.39 is 0 Å². The number of carbonyl (C=O) groups excluding carboxylic acids is 1. The van der Waals surface area contributed by atoms with E-state index in [4.69, 9.17) is 9.26 Å². The van der Waals surface area contributed by atoms with Crippen molar-refractivity contribution in [2.45, 2.75) is 25.9 Å². The molecule has 1 fully saturated rings. The minimum Gasteiger partial charge on any atom is -0.497 e. The molecular weight excluding hydrogens is 456 g/mol. The Hall–Kier alpha value is -3.69. The number of fused-ring (bicyclic) bond motifs is 1. The van der Waals surface area contributed by atoms with Crippen molar-refractivity contribution in [2.75, 3.05) is 39.8 Å². The monoisotopic (exact) mass is 488 g/mol. The zero-order chi connectivity index (χ0) is 24.9. The van der Waals surface area contributed by atoms with Crippen LogP contribution in [0.25, 0.3) is 22.3 Å². The van der Waals surface area contributed by atoms with E-state index >= 15 is 0 Å². The topological polar surface area (TPSA) is 99.5 Å². The molecule has 9 nitrogen and oxygen atoms in total. The molecule has 5 rings (SSSR count). The molecule has 188 valence electrons. The number of ether oxygens (including phenoxy) is 1. The first-order valence-electron chi connectivity index (χ1n) is 12.4. The van der Waals surface area contributed by atoms with E-state index in [1.807, 2.05) is 49.5 Å². The molecule has 1 saturated heterocycles. The van der Waals surface area contributed by atoms with Crippen LogP contribution in [0.2, 0.25) is 0 Å². The summed E-state index contributed by atoms with van der Waals surface area (Å²) in [5, 5.41) is 8.44. The molecule has 0 radical (unpaired) electrons. The van der Waals surface area contributed by atoms with Crippen molar-refractivity contribution in [3.05, 3.63) is 66.2 Å². The van der Waals surface area contributed by atoms with Crippen molar-refractivity contribution in [3.63, 3.8) is 0 Å². The van der Waals surface area contributed by atoms with Gasteiger partial charge in [0.25, 0.3) is 0 Å². The van der Waals surface area contributed by atoms with Gasteiger partial charge in [-0.05, 0) is 49.2 Å². The van der Waals surface area contributed by atoms with Crippen LogP contribution in [0.1, 0.15) is 18.4 Å². The zero-order valence-corrected chi connectivity index (χ0v) is 20.7. The van der Waals surface area contributed by atoms with Crippen molar-refractivity contribution in [3.8, 4) is 17.1 Å². The van der Waals surface area contributed by atoms with E-state index in [2.05, 4.69) is 42.4 Å². The molecule has 2 aromatic heterocycles. The standard InChI is InChI=1S/C27H32N6O3/c1-19(27(34)28-12-11-21-17-29-24-6-4-3-5-23(21)24)33-15-13-32(14-16-33)18-25-30-26(31-36-25)20-7-9-22(35-2)10-8-20/h3-10,17,19,29H,11-16,18H2,1-2H3,(H,28,34). The van der Waals surface area contributed by atoms with Crippen molar-refractivity contribution in [2.24, 2.45) is 0 Å². The molecule has 1 atom stereocenters. The average Bonchev–Trinajstić information content (AvgIpc) is 3.56. The molecule has 9 heteroatoms. The van der Waals surface area contributed by atoms with E-state index in [1.54, 1.807) is 7.11 Å². The quantitative estimate of drug-likeness (QED) is 0.373. The summed E-state index contributed by atoms with van der Waals surface area (Å²) in [7, 11) is 1.64. The van der Waals surface area contributed by atoms with Crippen LogP contribution in [-0.2, 0) is 17.8 Å². The Morgan fingerprint density at radius 3 is 2.69 bits per heavy atom. The predicted octanol–water partition coefficient (Wildman–Crippen LogP) is 3.09. The van der Waals surface area contributed by atoms with Gasteiger partial charge in [-0.25, -0.2) is 0 Å². The van der Waals surface area contributed by atoms with Gasteiger partial charge in [-0.2, -0.15) is 4.98 Å². The van der Waals surface area contributed by atoms with Gasteiger partial charge in [0.05, 0.1) is 19.7 Å². The van der Waals surface area contributed by atoms with Crippen molar-refractivity contribution in [1.82, 2.24) is 30.2 Å². The van der Waals surface area contributed by atoms with Crippen LogP contribution in [-0.4, -0.2) is 76.7 Å². The summed E-state index contributed by atoms with van der Waals surface area (Å²) < 4.78 is 10.7. The molecule has 4 aromatic rings. The maximum atomic E-state index is 12.8. The van der Waals surface area contributed by atoms with Gasteiger partial charge < -0.3 is 19.6 Å². The minimum atomic E-state index is -0.166. The van der Waals surface area contributed by atoms with E-state index in [-0.39, 0.29) is 11.9 Å². The molecule has 1 unspecified atom stereocenters. The third-order valence-electron chi connectivity index (χ3n) is 6.88. The number of piperazine rings is 1. The van der Waals surface area contributed by atoms with Gasteiger partial charge in [0.1, 0.15) is 5.75 Å². The Balaban J connectivity index is 1.06. The van der Waals surface area contributed by atoms with Crippen LogP contribution in [0.4, 0.5) is 0 Å². The molecule has 1 amide bonds. The zero-order valence-electron chi connectivity index (χ0n) is 20.7. The molecule has 2 aromatic carbocycles.